The molecule has 0 radical (unpaired) electrons. The molecule has 0 spiro atoms. The molecular weight excluding hydrogens is 415 g/mol. The van der Waals surface area contributed by atoms with Crippen LogP contribution in [0.2, 0.25) is 0 Å². The van der Waals surface area contributed by atoms with Gasteiger partial charge in [-0.15, -0.1) is 24.0 Å². The minimum atomic E-state index is 0. The quantitative estimate of drug-likeness (QED) is 0.424. The number of hydrogen-bond acceptors (Lipinski definition) is 3. The Kier molecular flexibility index (Phi) is 8.83. The highest BCUT2D eigenvalue weighted by Gasteiger charge is 2.12. The van der Waals surface area contributed by atoms with Crippen molar-refractivity contribution in [1.29, 1.82) is 0 Å². The van der Waals surface area contributed by atoms with Crippen molar-refractivity contribution in [3.05, 3.63) is 29.8 Å². The highest BCUT2D eigenvalue weighted by Crippen LogP contribution is 2.17. The molecule has 6 heteroatoms. The Bertz CT molecular complexity index is 505. The Labute approximate surface area is 163 Å². The van der Waals surface area contributed by atoms with Gasteiger partial charge in [0, 0.05) is 30.9 Å². The Morgan fingerprint density at radius 3 is 2.33 bits per heavy atom. The first-order valence-electron chi connectivity index (χ1n) is 8.46. The lowest BCUT2D eigenvalue weighted by atomic mass is 10.1. The number of rotatable bonds is 4. The van der Waals surface area contributed by atoms with Crippen molar-refractivity contribution >= 4 is 35.6 Å². The van der Waals surface area contributed by atoms with Crippen molar-refractivity contribution in [1.82, 2.24) is 10.6 Å². The van der Waals surface area contributed by atoms with Gasteiger partial charge in [-0.3, -0.25) is 0 Å². The third-order valence-electron chi connectivity index (χ3n) is 3.57. The van der Waals surface area contributed by atoms with Gasteiger partial charge >= 0.3 is 0 Å². The zero-order valence-electron chi connectivity index (χ0n) is 15.3. The van der Waals surface area contributed by atoms with E-state index in [1.165, 1.54) is 11.3 Å². The van der Waals surface area contributed by atoms with E-state index in [0.717, 1.165) is 38.8 Å². The SMILES string of the molecule is CCNC(=NCc1ccc(N2CCOCC2)cc1)NC(C)(C)C.I. The van der Waals surface area contributed by atoms with Gasteiger partial charge in [-0.1, -0.05) is 12.1 Å². The number of aliphatic imine (C=N–C) groups is 1. The van der Waals surface area contributed by atoms with E-state index in [2.05, 4.69) is 72.5 Å². The molecule has 1 aliphatic rings. The molecule has 1 heterocycles. The van der Waals surface area contributed by atoms with Crippen LogP contribution in [-0.4, -0.2) is 44.3 Å². The van der Waals surface area contributed by atoms with Crippen LogP contribution in [-0.2, 0) is 11.3 Å². The average molecular weight is 446 g/mol. The molecule has 0 bridgehead atoms. The fraction of sp³-hybridized carbons (Fsp3) is 0.611. The van der Waals surface area contributed by atoms with E-state index >= 15 is 0 Å². The van der Waals surface area contributed by atoms with Gasteiger partial charge in [0.25, 0.3) is 0 Å². The molecular formula is C18H31IN4O. The standard InChI is InChI=1S/C18H30N4O.HI/c1-5-19-17(21-18(2,3)4)20-14-15-6-8-16(9-7-15)22-10-12-23-13-11-22;/h6-9H,5,10-14H2,1-4H3,(H2,19,20,21);1H. The van der Waals surface area contributed by atoms with Crippen molar-refractivity contribution in [3.63, 3.8) is 0 Å². The first kappa shape index (κ1) is 21.0. The summed E-state index contributed by atoms with van der Waals surface area (Å²) in [6.45, 7) is 13.6. The maximum absolute atomic E-state index is 5.40. The maximum atomic E-state index is 5.40. The van der Waals surface area contributed by atoms with Crippen LogP contribution in [0.15, 0.2) is 29.3 Å². The molecule has 1 aliphatic heterocycles. The molecule has 0 saturated carbocycles. The van der Waals surface area contributed by atoms with Crippen LogP contribution in [0.5, 0.6) is 0 Å². The van der Waals surface area contributed by atoms with Crippen LogP contribution in [0.25, 0.3) is 0 Å². The summed E-state index contributed by atoms with van der Waals surface area (Å²) < 4.78 is 5.40. The molecule has 1 saturated heterocycles. The minimum absolute atomic E-state index is 0. The summed E-state index contributed by atoms with van der Waals surface area (Å²) in [7, 11) is 0. The molecule has 0 atom stereocenters. The average Bonchev–Trinajstić information content (AvgIpc) is 2.53. The monoisotopic (exact) mass is 446 g/mol. The van der Waals surface area contributed by atoms with E-state index in [0.29, 0.717) is 6.54 Å². The lowest BCUT2D eigenvalue weighted by Crippen LogP contribution is -2.47. The van der Waals surface area contributed by atoms with Crippen molar-refractivity contribution in [2.24, 2.45) is 4.99 Å². The third kappa shape index (κ3) is 7.25. The largest absolute Gasteiger partial charge is 0.378 e. The number of nitrogens with zero attached hydrogens (tertiary/aromatic N) is 2. The van der Waals surface area contributed by atoms with Crippen LogP contribution >= 0.6 is 24.0 Å². The van der Waals surface area contributed by atoms with Crippen LogP contribution < -0.4 is 15.5 Å². The molecule has 2 rings (SSSR count). The summed E-state index contributed by atoms with van der Waals surface area (Å²) in [4.78, 5) is 7.03. The summed E-state index contributed by atoms with van der Waals surface area (Å²) >= 11 is 0. The Balaban J connectivity index is 0.00000288. The molecule has 136 valence electrons. The molecule has 0 unspecified atom stereocenters. The predicted octanol–water partition coefficient (Wildman–Crippen LogP) is 2.99. The van der Waals surface area contributed by atoms with Crippen LogP contribution in [0.3, 0.4) is 0 Å². The van der Waals surface area contributed by atoms with Gasteiger partial charge in [-0.05, 0) is 45.4 Å². The molecule has 2 N–H and O–H groups in total. The number of anilines is 1. The lowest BCUT2D eigenvalue weighted by Gasteiger charge is -2.28. The topological polar surface area (TPSA) is 48.9 Å². The molecule has 5 nitrogen and oxygen atoms in total. The summed E-state index contributed by atoms with van der Waals surface area (Å²) in [5.41, 5.74) is 2.48. The normalized spacial score (nSPS) is 15.7. The molecule has 1 aromatic carbocycles. The fourth-order valence-electron chi connectivity index (χ4n) is 2.47. The molecule has 24 heavy (non-hydrogen) atoms. The van der Waals surface area contributed by atoms with Gasteiger partial charge in [0.1, 0.15) is 0 Å². The number of hydrogen-bond donors (Lipinski definition) is 2. The second kappa shape index (κ2) is 10.1. The van der Waals surface area contributed by atoms with Gasteiger partial charge in [0.15, 0.2) is 5.96 Å². The maximum Gasteiger partial charge on any atom is 0.191 e. The van der Waals surface area contributed by atoms with E-state index in [9.17, 15) is 0 Å². The van der Waals surface area contributed by atoms with Crippen molar-refractivity contribution in [2.45, 2.75) is 39.8 Å². The first-order chi connectivity index (χ1) is 11.0. The summed E-state index contributed by atoms with van der Waals surface area (Å²) in [6.07, 6.45) is 0. The number of morpholine rings is 1. The molecule has 0 aliphatic carbocycles. The van der Waals surface area contributed by atoms with Gasteiger partial charge in [-0.25, -0.2) is 4.99 Å². The highest BCUT2D eigenvalue weighted by molar-refractivity contribution is 14.0. The number of nitrogens with one attached hydrogen (secondary N) is 2. The molecule has 0 aromatic heterocycles. The smallest absolute Gasteiger partial charge is 0.191 e. The number of ether oxygens (including phenoxy) is 1. The van der Waals surface area contributed by atoms with E-state index in [-0.39, 0.29) is 29.5 Å². The number of benzene rings is 1. The predicted molar refractivity (Wildman–Crippen MR) is 113 cm³/mol. The second-order valence-corrected chi connectivity index (χ2v) is 6.84. The fourth-order valence-corrected chi connectivity index (χ4v) is 2.47. The van der Waals surface area contributed by atoms with Gasteiger partial charge in [-0.2, -0.15) is 0 Å². The van der Waals surface area contributed by atoms with Crippen molar-refractivity contribution < 1.29 is 4.74 Å². The lowest BCUT2D eigenvalue weighted by molar-refractivity contribution is 0.122. The molecule has 0 amide bonds. The first-order valence-corrected chi connectivity index (χ1v) is 8.46. The zero-order chi connectivity index (χ0) is 16.7. The van der Waals surface area contributed by atoms with E-state index in [1.54, 1.807) is 0 Å². The van der Waals surface area contributed by atoms with Gasteiger partial charge < -0.3 is 20.3 Å². The minimum Gasteiger partial charge on any atom is -0.378 e. The molecule has 1 aromatic rings. The summed E-state index contributed by atoms with van der Waals surface area (Å²) in [5, 5.41) is 6.70. The van der Waals surface area contributed by atoms with Crippen molar-refractivity contribution in [3.8, 4) is 0 Å². The van der Waals surface area contributed by atoms with Crippen LogP contribution in [0, 0.1) is 0 Å². The van der Waals surface area contributed by atoms with Crippen LogP contribution in [0.4, 0.5) is 5.69 Å². The van der Waals surface area contributed by atoms with Gasteiger partial charge in [0.05, 0.1) is 19.8 Å². The van der Waals surface area contributed by atoms with Crippen molar-refractivity contribution in [2.75, 3.05) is 37.7 Å². The second-order valence-electron chi connectivity index (χ2n) is 6.84. The molecule has 1 fully saturated rings. The Morgan fingerprint density at radius 2 is 1.79 bits per heavy atom. The Hall–Kier alpha value is -1.02. The zero-order valence-corrected chi connectivity index (χ0v) is 17.6. The summed E-state index contributed by atoms with van der Waals surface area (Å²) in [5.74, 6) is 0.859. The van der Waals surface area contributed by atoms with E-state index < -0.39 is 0 Å². The van der Waals surface area contributed by atoms with E-state index in [1.807, 2.05) is 0 Å². The number of halogens is 1. The Morgan fingerprint density at radius 1 is 1.17 bits per heavy atom. The van der Waals surface area contributed by atoms with E-state index in [4.69, 9.17) is 4.74 Å². The number of guanidine groups is 1. The highest BCUT2D eigenvalue weighted by atomic mass is 127. The van der Waals surface area contributed by atoms with Gasteiger partial charge in [0.2, 0.25) is 0 Å². The third-order valence-corrected chi connectivity index (χ3v) is 3.57. The van der Waals surface area contributed by atoms with Crippen LogP contribution in [0.1, 0.15) is 33.3 Å². The summed E-state index contributed by atoms with van der Waals surface area (Å²) in [6, 6.07) is 8.68.